The van der Waals surface area contributed by atoms with Crippen LogP contribution in [0.15, 0.2) is 96.1 Å². The molecule has 178 valence electrons. The summed E-state index contributed by atoms with van der Waals surface area (Å²) >= 11 is 0. The van der Waals surface area contributed by atoms with Crippen molar-refractivity contribution in [1.29, 1.82) is 0 Å². The van der Waals surface area contributed by atoms with Crippen LogP contribution in [0.25, 0.3) is 11.1 Å². The van der Waals surface area contributed by atoms with Gasteiger partial charge in [-0.25, -0.2) is 4.98 Å². The molecule has 0 aliphatic heterocycles. The van der Waals surface area contributed by atoms with Crippen LogP contribution in [-0.2, 0) is 11.8 Å². The maximum Gasteiger partial charge on any atom is 0.250 e. The summed E-state index contributed by atoms with van der Waals surface area (Å²) in [5.74, 6) is 0.517. The third-order valence-electron chi connectivity index (χ3n) is 6.12. The number of aromatic nitrogens is 2. The zero-order valence-electron chi connectivity index (χ0n) is 20.2. The minimum absolute atomic E-state index is 0.0866. The molecule has 0 radical (unpaired) electrons. The topological polar surface area (TPSA) is 76.0 Å². The number of carbonyl (C=O) groups excluding carboxylic acids is 1. The molecular weight excluding hydrogens is 436 g/mol. The van der Waals surface area contributed by atoms with E-state index in [1.165, 1.54) is 15.7 Å². The lowest BCUT2D eigenvalue weighted by Crippen LogP contribution is -2.35. The maximum absolute atomic E-state index is 13.3. The largest absolute Gasteiger partial charge is 0.319 e. The van der Waals surface area contributed by atoms with Gasteiger partial charge in [-0.2, -0.15) is 0 Å². The molecule has 1 amide bonds. The summed E-state index contributed by atoms with van der Waals surface area (Å²) in [6, 6.07) is 24.7. The number of pyridine rings is 2. The van der Waals surface area contributed by atoms with Crippen molar-refractivity contribution in [3.63, 3.8) is 0 Å². The van der Waals surface area contributed by atoms with Crippen LogP contribution in [0.2, 0.25) is 0 Å². The van der Waals surface area contributed by atoms with E-state index in [0.717, 1.165) is 16.7 Å². The monoisotopic (exact) mass is 466 g/mol. The zero-order valence-corrected chi connectivity index (χ0v) is 20.2. The standard InChI is InChI=1S/C29H30N4O2/c1-20-9-11-22(12-10-20)21(2)18-31-28(23-7-5-4-6-8-23)29(35)32-26-14-13-25(19-30-26)24-15-16-33(3)27(34)17-24/h4-17,19,21,28,31H,18H2,1-3H3,(H,30,32,35)/t21?,28-/m0/s1. The number of aryl methyl sites for hydroxylation is 2. The molecular formula is C29H30N4O2. The second kappa shape index (κ2) is 10.9. The van der Waals surface area contributed by atoms with Gasteiger partial charge in [0.1, 0.15) is 11.9 Å². The first-order chi connectivity index (χ1) is 16.9. The van der Waals surface area contributed by atoms with Gasteiger partial charge in [0.15, 0.2) is 0 Å². The first-order valence-corrected chi connectivity index (χ1v) is 11.7. The van der Waals surface area contributed by atoms with Gasteiger partial charge in [-0.15, -0.1) is 0 Å². The van der Waals surface area contributed by atoms with E-state index < -0.39 is 6.04 Å². The molecule has 6 heteroatoms. The molecule has 6 nitrogen and oxygen atoms in total. The van der Waals surface area contributed by atoms with Crippen molar-refractivity contribution in [2.45, 2.75) is 25.8 Å². The van der Waals surface area contributed by atoms with E-state index >= 15 is 0 Å². The summed E-state index contributed by atoms with van der Waals surface area (Å²) in [6.45, 7) is 4.87. The Bertz CT molecular complexity index is 1330. The van der Waals surface area contributed by atoms with Crippen LogP contribution in [0.3, 0.4) is 0 Å². The van der Waals surface area contributed by atoms with Gasteiger partial charge in [0.25, 0.3) is 5.56 Å². The molecule has 0 spiro atoms. The number of rotatable bonds is 8. The lowest BCUT2D eigenvalue weighted by molar-refractivity contribution is -0.118. The van der Waals surface area contributed by atoms with Gasteiger partial charge in [-0.1, -0.05) is 67.1 Å². The molecule has 0 aliphatic rings. The van der Waals surface area contributed by atoms with E-state index in [9.17, 15) is 9.59 Å². The quantitative estimate of drug-likeness (QED) is 0.390. The molecule has 0 fully saturated rings. The van der Waals surface area contributed by atoms with E-state index in [-0.39, 0.29) is 17.4 Å². The van der Waals surface area contributed by atoms with E-state index in [0.29, 0.717) is 12.4 Å². The zero-order chi connectivity index (χ0) is 24.8. The molecule has 0 bridgehead atoms. The van der Waals surface area contributed by atoms with Crippen molar-refractivity contribution in [3.8, 4) is 11.1 Å². The SMILES string of the molecule is Cc1ccc(C(C)CN[C@H](C(=O)Nc2ccc(-c3ccn(C)c(=O)c3)cn2)c2ccccc2)cc1. The van der Waals surface area contributed by atoms with Crippen molar-refractivity contribution >= 4 is 11.7 Å². The summed E-state index contributed by atoms with van der Waals surface area (Å²) in [7, 11) is 1.71. The molecule has 0 saturated heterocycles. The van der Waals surface area contributed by atoms with Crippen molar-refractivity contribution in [2.24, 2.45) is 7.05 Å². The number of hydrogen-bond donors (Lipinski definition) is 2. The third kappa shape index (κ3) is 6.11. The first kappa shape index (κ1) is 24.1. The summed E-state index contributed by atoms with van der Waals surface area (Å²) in [5.41, 5.74) is 4.85. The predicted molar refractivity (Wildman–Crippen MR) is 140 cm³/mol. The van der Waals surface area contributed by atoms with Gasteiger partial charge < -0.3 is 15.2 Å². The second-order valence-corrected chi connectivity index (χ2v) is 8.85. The molecule has 35 heavy (non-hydrogen) atoms. The number of amides is 1. The molecule has 2 aromatic carbocycles. The van der Waals surface area contributed by atoms with Gasteiger partial charge in [-0.05, 0) is 47.7 Å². The highest BCUT2D eigenvalue weighted by Crippen LogP contribution is 2.21. The summed E-state index contributed by atoms with van der Waals surface area (Å²) in [6.07, 6.45) is 3.38. The minimum atomic E-state index is -0.525. The smallest absolute Gasteiger partial charge is 0.250 e. The Labute approximate surface area is 205 Å². The van der Waals surface area contributed by atoms with Gasteiger partial charge in [0, 0.05) is 37.6 Å². The fourth-order valence-corrected chi connectivity index (χ4v) is 3.88. The molecule has 2 atom stereocenters. The average molecular weight is 467 g/mol. The highest BCUT2D eigenvalue weighted by Gasteiger charge is 2.21. The van der Waals surface area contributed by atoms with Crippen molar-refractivity contribution in [2.75, 3.05) is 11.9 Å². The maximum atomic E-state index is 13.3. The highest BCUT2D eigenvalue weighted by molar-refractivity contribution is 5.95. The normalized spacial score (nSPS) is 12.7. The van der Waals surface area contributed by atoms with Crippen LogP contribution in [0.4, 0.5) is 5.82 Å². The fraction of sp³-hybridized carbons (Fsp3) is 0.207. The molecule has 1 unspecified atom stereocenters. The summed E-state index contributed by atoms with van der Waals surface area (Å²) in [4.78, 5) is 29.6. The van der Waals surface area contributed by atoms with Gasteiger partial charge in [0.2, 0.25) is 5.91 Å². The number of nitrogens with zero attached hydrogens (tertiary/aromatic N) is 2. The summed E-state index contributed by atoms with van der Waals surface area (Å²) < 4.78 is 1.52. The Hall–Kier alpha value is -4.03. The highest BCUT2D eigenvalue weighted by atomic mass is 16.2. The lowest BCUT2D eigenvalue weighted by atomic mass is 9.98. The van der Waals surface area contributed by atoms with Crippen LogP contribution in [-0.4, -0.2) is 22.0 Å². The van der Waals surface area contributed by atoms with Crippen LogP contribution in [0, 0.1) is 6.92 Å². The fourth-order valence-electron chi connectivity index (χ4n) is 3.88. The van der Waals surface area contributed by atoms with Crippen molar-refractivity contribution < 1.29 is 4.79 Å². The number of carbonyl (C=O) groups is 1. The number of hydrogen-bond acceptors (Lipinski definition) is 4. The number of nitrogens with one attached hydrogen (secondary N) is 2. The van der Waals surface area contributed by atoms with Crippen LogP contribution in [0.5, 0.6) is 0 Å². The minimum Gasteiger partial charge on any atom is -0.319 e. The van der Waals surface area contributed by atoms with Crippen LogP contribution in [0.1, 0.15) is 35.6 Å². The number of benzene rings is 2. The van der Waals surface area contributed by atoms with Gasteiger partial charge in [0.05, 0.1) is 0 Å². The Kier molecular flexibility index (Phi) is 7.53. The van der Waals surface area contributed by atoms with Crippen molar-refractivity contribution in [1.82, 2.24) is 14.9 Å². The van der Waals surface area contributed by atoms with Crippen LogP contribution < -0.4 is 16.2 Å². The van der Waals surface area contributed by atoms with Gasteiger partial charge in [-0.3, -0.25) is 9.59 Å². The molecule has 0 saturated carbocycles. The molecule has 4 aromatic rings. The lowest BCUT2D eigenvalue weighted by Gasteiger charge is -2.21. The molecule has 2 N–H and O–H groups in total. The Morgan fingerprint density at radius 1 is 0.943 bits per heavy atom. The summed E-state index contributed by atoms with van der Waals surface area (Å²) in [5, 5.41) is 6.37. The molecule has 2 heterocycles. The van der Waals surface area contributed by atoms with E-state index in [1.807, 2.05) is 42.5 Å². The third-order valence-corrected chi connectivity index (χ3v) is 6.12. The molecule has 4 rings (SSSR count). The van der Waals surface area contributed by atoms with Crippen molar-refractivity contribution in [3.05, 3.63) is 118 Å². The average Bonchev–Trinajstić information content (AvgIpc) is 2.87. The first-order valence-electron chi connectivity index (χ1n) is 11.7. The Balaban J connectivity index is 1.47. The number of anilines is 1. The molecule has 2 aromatic heterocycles. The predicted octanol–water partition coefficient (Wildman–Crippen LogP) is 4.83. The Morgan fingerprint density at radius 3 is 2.34 bits per heavy atom. The second-order valence-electron chi connectivity index (χ2n) is 8.85. The van der Waals surface area contributed by atoms with E-state index in [2.05, 4.69) is 53.7 Å². The van der Waals surface area contributed by atoms with E-state index in [4.69, 9.17) is 0 Å². The van der Waals surface area contributed by atoms with Crippen LogP contribution >= 0.6 is 0 Å². The molecule has 0 aliphatic carbocycles. The van der Waals surface area contributed by atoms with Gasteiger partial charge >= 0.3 is 0 Å². The Morgan fingerprint density at radius 2 is 1.69 bits per heavy atom. The van der Waals surface area contributed by atoms with E-state index in [1.54, 1.807) is 31.6 Å².